The van der Waals surface area contributed by atoms with Crippen LogP contribution >= 0.6 is 0 Å². The van der Waals surface area contributed by atoms with Crippen molar-refractivity contribution in [1.29, 1.82) is 0 Å². The first-order chi connectivity index (χ1) is 10.2. The molecule has 0 radical (unpaired) electrons. The van der Waals surface area contributed by atoms with Gasteiger partial charge in [0.25, 0.3) is 0 Å². The van der Waals surface area contributed by atoms with E-state index in [9.17, 15) is 4.79 Å². The molecule has 0 aliphatic carbocycles. The first kappa shape index (κ1) is 13.8. The molecule has 1 aliphatic heterocycles. The van der Waals surface area contributed by atoms with Crippen molar-refractivity contribution in [3.8, 4) is 5.75 Å². The highest BCUT2D eigenvalue weighted by Crippen LogP contribution is 2.26. The minimum Gasteiger partial charge on any atom is -0.496 e. The summed E-state index contributed by atoms with van der Waals surface area (Å²) in [6.45, 7) is 3.74. The quantitative estimate of drug-likeness (QED) is 0.879. The number of benzene rings is 2. The summed E-state index contributed by atoms with van der Waals surface area (Å²) in [6.07, 6.45) is 0.894. The Morgan fingerprint density at radius 3 is 2.86 bits per heavy atom. The minimum atomic E-state index is 0.0503. The summed E-state index contributed by atoms with van der Waals surface area (Å²) in [7, 11) is 1.60. The normalized spacial score (nSPS) is 13.6. The monoisotopic (exact) mass is 281 g/mol. The number of fused-ring (bicyclic) bond motifs is 1. The molecule has 1 aliphatic rings. The molecule has 3 nitrogen and oxygen atoms in total. The third kappa shape index (κ3) is 2.57. The second-order valence-corrected chi connectivity index (χ2v) is 5.40. The van der Waals surface area contributed by atoms with Gasteiger partial charge in [-0.15, -0.1) is 0 Å². The van der Waals surface area contributed by atoms with Crippen LogP contribution in [-0.4, -0.2) is 19.4 Å². The van der Waals surface area contributed by atoms with Gasteiger partial charge in [-0.3, -0.25) is 4.79 Å². The molecule has 0 aromatic heterocycles. The molecule has 0 unspecified atom stereocenters. The van der Waals surface area contributed by atoms with E-state index in [1.54, 1.807) is 7.11 Å². The van der Waals surface area contributed by atoms with Crippen LogP contribution in [-0.2, 0) is 13.0 Å². The van der Waals surface area contributed by atoms with Gasteiger partial charge in [0.2, 0.25) is 0 Å². The number of nitrogens with one attached hydrogen (secondary N) is 1. The van der Waals surface area contributed by atoms with Gasteiger partial charge in [-0.25, -0.2) is 0 Å². The average Bonchev–Trinajstić information content (AvgIpc) is 2.53. The Labute approximate surface area is 124 Å². The second-order valence-electron chi connectivity index (χ2n) is 5.40. The van der Waals surface area contributed by atoms with E-state index in [2.05, 4.69) is 11.4 Å². The molecular weight excluding hydrogens is 262 g/mol. The Hall–Kier alpha value is -2.13. The van der Waals surface area contributed by atoms with E-state index in [-0.39, 0.29) is 5.78 Å². The number of methoxy groups -OCH3 is 1. The summed E-state index contributed by atoms with van der Waals surface area (Å²) in [4.78, 5) is 12.9. The standard InChI is InChI=1S/C18H19NO2/c1-12-6-7-17(21-2)16(10-12)18(20)15-5-3-4-13-11-19-9-8-14(13)15/h3-7,10,19H,8-9,11H2,1-2H3. The Bertz CT molecular complexity index is 692. The van der Waals surface area contributed by atoms with E-state index in [1.807, 2.05) is 37.3 Å². The predicted molar refractivity (Wildman–Crippen MR) is 83.0 cm³/mol. The lowest BCUT2D eigenvalue weighted by Gasteiger charge is -2.20. The Balaban J connectivity index is 2.09. The SMILES string of the molecule is COc1ccc(C)cc1C(=O)c1cccc2c1CCNC2. The van der Waals surface area contributed by atoms with Gasteiger partial charge in [0.05, 0.1) is 12.7 Å². The number of carbonyl (C=O) groups is 1. The number of aryl methyl sites for hydroxylation is 1. The highest BCUT2D eigenvalue weighted by molar-refractivity contribution is 6.11. The fourth-order valence-electron chi connectivity index (χ4n) is 2.89. The lowest BCUT2D eigenvalue weighted by Crippen LogP contribution is -2.25. The van der Waals surface area contributed by atoms with E-state index >= 15 is 0 Å². The molecule has 0 atom stereocenters. The van der Waals surface area contributed by atoms with Gasteiger partial charge in [0.1, 0.15) is 5.75 Å². The number of hydrogen-bond acceptors (Lipinski definition) is 3. The van der Waals surface area contributed by atoms with Crippen LogP contribution in [0.25, 0.3) is 0 Å². The molecule has 108 valence electrons. The van der Waals surface area contributed by atoms with E-state index in [1.165, 1.54) is 11.1 Å². The van der Waals surface area contributed by atoms with Crippen LogP contribution in [0.4, 0.5) is 0 Å². The minimum absolute atomic E-state index is 0.0503. The number of rotatable bonds is 3. The Kier molecular flexibility index (Phi) is 3.76. The van der Waals surface area contributed by atoms with Gasteiger partial charge in [-0.1, -0.05) is 29.8 Å². The molecule has 1 N–H and O–H groups in total. The number of ketones is 1. The molecule has 1 heterocycles. The molecule has 0 saturated carbocycles. The zero-order valence-electron chi connectivity index (χ0n) is 12.4. The largest absolute Gasteiger partial charge is 0.496 e. The van der Waals surface area contributed by atoms with Crippen molar-refractivity contribution in [1.82, 2.24) is 5.32 Å². The maximum Gasteiger partial charge on any atom is 0.197 e. The smallest absolute Gasteiger partial charge is 0.197 e. The maximum atomic E-state index is 12.9. The third-order valence-electron chi connectivity index (χ3n) is 3.98. The lowest BCUT2D eigenvalue weighted by atomic mass is 9.90. The Morgan fingerprint density at radius 1 is 1.19 bits per heavy atom. The van der Waals surface area contributed by atoms with Crippen molar-refractivity contribution in [3.63, 3.8) is 0 Å². The number of ether oxygens (including phenoxy) is 1. The van der Waals surface area contributed by atoms with Gasteiger partial charge < -0.3 is 10.1 Å². The molecule has 3 rings (SSSR count). The molecule has 0 amide bonds. The molecular formula is C18H19NO2. The van der Waals surface area contributed by atoms with Gasteiger partial charge in [0.15, 0.2) is 5.78 Å². The van der Waals surface area contributed by atoms with Gasteiger partial charge >= 0.3 is 0 Å². The molecule has 2 aromatic carbocycles. The van der Waals surface area contributed by atoms with E-state index in [4.69, 9.17) is 4.74 Å². The summed E-state index contributed by atoms with van der Waals surface area (Å²) < 4.78 is 5.35. The fraction of sp³-hybridized carbons (Fsp3) is 0.278. The van der Waals surface area contributed by atoms with Crippen molar-refractivity contribution in [2.45, 2.75) is 19.9 Å². The van der Waals surface area contributed by atoms with E-state index in [0.717, 1.165) is 30.6 Å². The molecule has 0 bridgehead atoms. The zero-order chi connectivity index (χ0) is 14.8. The molecule has 3 heteroatoms. The first-order valence-corrected chi connectivity index (χ1v) is 7.21. The third-order valence-corrected chi connectivity index (χ3v) is 3.98. The lowest BCUT2D eigenvalue weighted by molar-refractivity contribution is 0.103. The fourth-order valence-corrected chi connectivity index (χ4v) is 2.89. The predicted octanol–water partition coefficient (Wildman–Crippen LogP) is 2.88. The Morgan fingerprint density at radius 2 is 2.05 bits per heavy atom. The van der Waals surface area contributed by atoms with E-state index < -0.39 is 0 Å². The van der Waals surface area contributed by atoms with Gasteiger partial charge in [-0.05, 0) is 43.1 Å². The highest BCUT2D eigenvalue weighted by atomic mass is 16.5. The van der Waals surface area contributed by atoms with Crippen LogP contribution in [0.2, 0.25) is 0 Å². The van der Waals surface area contributed by atoms with Gasteiger partial charge in [0, 0.05) is 12.1 Å². The van der Waals surface area contributed by atoms with Gasteiger partial charge in [-0.2, -0.15) is 0 Å². The average molecular weight is 281 g/mol. The summed E-state index contributed by atoms with van der Waals surface area (Å²) in [5, 5.41) is 3.34. The van der Waals surface area contributed by atoms with Crippen LogP contribution in [0.5, 0.6) is 5.75 Å². The summed E-state index contributed by atoms with van der Waals surface area (Å²) in [5.41, 5.74) is 4.90. The van der Waals surface area contributed by atoms with Crippen molar-refractivity contribution in [2.24, 2.45) is 0 Å². The highest BCUT2D eigenvalue weighted by Gasteiger charge is 2.20. The van der Waals surface area contributed by atoms with Crippen molar-refractivity contribution in [3.05, 3.63) is 64.2 Å². The maximum absolute atomic E-state index is 12.9. The van der Waals surface area contributed by atoms with Crippen LogP contribution in [0.3, 0.4) is 0 Å². The summed E-state index contributed by atoms with van der Waals surface area (Å²) in [5.74, 6) is 0.687. The summed E-state index contributed by atoms with van der Waals surface area (Å²) in [6, 6.07) is 11.7. The molecule has 21 heavy (non-hydrogen) atoms. The van der Waals surface area contributed by atoms with E-state index in [0.29, 0.717) is 11.3 Å². The first-order valence-electron chi connectivity index (χ1n) is 7.21. The van der Waals surface area contributed by atoms with Crippen molar-refractivity contribution in [2.75, 3.05) is 13.7 Å². The zero-order valence-corrected chi connectivity index (χ0v) is 12.4. The molecule has 0 saturated heterocycles. The molecule has 2 aromatic rings. The van der Waals surface area contributed by atoms with Crippen molar-refractivity contribution >= 4 is 5.78 Å². The van der Waals surface area contributed by atoms with Crippen LogP contribution in [0.1, 0.15) is 32.6 Å². The molecule has 0 spiro atoms. The second kappa shape index (κ2) is 5.70. The topological polar surface area (TPSA) is 38.3 Å². The summed E-state index contributed by atoms with van der Waals surface area (Å²) >= 11 is 0. The van der Waals surface area contributed by atoms with Crippen molar-refractivity contribution < 1.29 is 9.53 Å². The van der Waals surface area contributed by atoms with Crippen LogP contribution in [0.15, 0.2) is 36.4 Å². The number of carbonyl (C=O) groups excluding carboxylic acids is 1. The van der Waals surface area contributed by atoms with Crippen LogP contribution in [0, 0.1) is 6.92 Å². The van der Waals surface area contributed by atoms with Crippen LogP contribution < -0.4 is 10.1 Å². The molecule has 0 fully saturated rings. The number of hydrogen-bond donors (Lipinski definition) is 1.